The number of aryl methyl sites for hydroxylation is 1. The number of alkyl halides is 3. The molecule has 1 rings (SSSR count). The minimum Gasteiger partial charge on any atom is -0.384 e. The number of halogens is 3. The molecule has 0 aliphatic heterocycles. The molecule has 1 aromatic rings. The average molecular weight is 299 g/mol. The number of amides is 1. The topological polar surface area (TPSA) is 49.3 Å². The zero-order valence-electron chi connectivity index (χ0n) is 11.3. The number of rotatable bonds is 5. The Balaban J connectivity index is 2.39. The van der Waals surface area contributed by atoms with Crippen molar-refractivity contribution in [3.8, 4) is 11.8 Å². The maximum Gasteiger partial charge on any atom is 0.471 e. The van der Waals surface area contributed by atoms with Gasteiger partial charge in [-0.1, -0.05) is 36.1 Å². The van der Waals surface area contributed by atoms with Crippen LogP contribution in [0.4, 0.5) is 13.2 Å². The molecule has 0 fully saturated rings. The summed E-state index contributed by atoms with van der Waals surface area (Å²) in [4.78, 5) is 10.6. The molecule has 0 heterocycles. The Morgan fingerprint density at radius 3 is 2.62 bits per heavy atom. The van der Waals surface area contributed by atoms with Crippen LogP contribution in [0.3, 0.4) is 0 Å². The van der Waals surface area contributed by atoms with Gasteiger partial charge in [0.1, 0.15) is 6.61 Å². The normalized spacial score (nSPS) is 10.7. The minimum atomic E-state index is -4.83. The van der Waals surface area contributed by atoms with E-state index in [4.69, 9.17) is 5.11 Å². The van der Waals surface area contributed by atoms with Crippen molar-refractivity contribution in [3.63, 3.8) is 0 Å². The first-order valence-electron chi connectivity index (χ1n) is 6.43. The van der Waals surface area contributed by atoms with Crippen molar-refractivity contribution >= 4 is 5.91 Å². The highest BCUT2D eigenvalue weighted by molar-refractivity contribution is 5.81. The molecule has 1 aromatic carbocycles. The molecule has 114 valence electrons. The predicted molar refractivity (Wildman–Crippen MR) is 72.4 cm³/mol. The van der Waals surface area contributed by atoms with E-state index in [2.05, 4.69) is 11.8 Å². The Bertz CT molecular complexity index is 530. The summed E-state index contributed by atoms with van der Waals surface area (Å²) in [6, 6.07) is 7.52. The van der Waals surface area contributed by atoms with Crippen LogP contribution in [0.5, 0.6) is 0 Å². The molecule has 0 bridgehead atoms. The Morgan fingerprint density at radius 1 is 1.24 bits per heavy atom. The van der Waals surface area contributed by atoms with Crippen LogP contribution in [0.25, 0.3) is 0 Å². The molecule has 0 aliphatic carbocycles. The highest BCUT2D eigenvalue weighted by atomic mass is 19.4. The standard InChI is InChI=1S/C15H16F3NO2/c16-15(17,18)14(21)19-9-4-8-13-7-3-6-12(11-13)5-1-2-10-20/h3,6-7,11,20H,4-5,8-10H2,(H,19,21). The molecule has 0 spiro atoms. The van der Waals surface area contributed by atoms with Crippen molar-refractivity contribution in [1.82, 2.24) is 5.32 Å². The fourth-order valence-electron chi connectivity index (χ4n) is 1.71. The highest BCUT2D eigenvalue weighted by Crippen LogP contribution is 2.14. The van der Waals surface area contributed by atoms with E-state index >= 15 is 0 Å². The van der Waals surface area contributed by atoms with Gasteiger partial charge in [-0.2, -0.15) is 13.2 Å². The Morgan fingerprint density at radius 2 is 1.95 bits per heavy atom. The van der Waals surface area contributed by atoms with Gasteiger partial charge in [0.2, 0.25) is 0 Å². The molecular formula is C15H16F3NO2. The van der Waals surface area contributed by atoms with Gasteiger partial charge in [0.25, 0.3) is 0 Å². The number of nitrogens with one attached hydrogen (secondary N) is 1. The van der Waals surface area contributed by atoms with Crippen LogP contribution in [0.1, 0.15) is 17.5 Å². The summed E-state index contributed by atoms with van der Waals surface area (Å²) >= 11 is 0. The highest BCUT2D eigenvalue weighted by Gasteiger charge is 2.38. The van der Waals surface area contributed by atoms with E-state index in [9.17, 15) is 18.0 Å². The van der Waals surface area contributed by atoms with Gasteiger partial charge >= 0.3 is 12.1 Å². The van der Waals surface area contributed by atoms with Crippen molar-refractivity contribution in [2.45, 2.75) is 25.4 Å². The van der Waals surface area contributed by atoms with E-state index in [1.165, 1.54) is 0 Å². The molecular weight excluding hydrogens is 283 g/mol. The SMILES string of the molecule is O=C(NCCCc1cccc(CC#CCO)c1)C(F)(F)F. The predicted octanol–water partition coefficient (Wildman–Crippen LogP) is 1.84. The van der Waals surface area contributed by atoms with Gasteiger partial charge in [-0.25, -0.2) is 0 Å². The second kappa shape index (κ2) is 8.32. The Labute approximate surface area is 121 Å². The number of aliphatic hydroxyl groups is 1. The number of aliphatic hydroxyl groups excluding tert-OH is 1. The van der Waals surface area contributed by atoms with E-state index < -0.39 is 12.1 Å². The Hall–Kier alpha value is -2.00. The van der Waals surface area contributed by atoms with Crippen molar-refractivity contribution in [2.75, 3.05) is 13.2 Å². The third kappa shape index (κ3) is 6.82. The summed E-state index contributed by atoms with van der Waals surface area (Å²) in [6.45, 7) is -0.203. The molecule has 3 nitrogen and oxygen atoms in total. The van der Waals surface area contributed by atoms with Crippen LogP contribution in [-0.2, 0) is 17.6 Å². The van der Waals surface area contributed by atoms with Crippen molar-refractivity contribution in [3.05, 3.63) is 35.4 Å². The largest absolute Gasteiger partial charge is 0.471 e. The molecule has 0 aliphatic rings. The zero-order valence-corrected chi connectivity index (χ0v) is 11.3. The molecule has 0 atom stereocenters. The van der Waals surface area contributed by atoms with Gasteiger partial charge in [0, 0.05) is 13.0 Å². The second-order valence-corrected chi connectivity index (χ2v) is 4.37. The first kappa shape index (κ1) is 17.1. The number of benzene rings is 1. The monoisotopic (exact) mass is 299 g/mol. The van der Waals surface area contributed by atoms with Crippen molar-refractivity contribution in [2.24, 2.45) is 0 Å². The quantitative estimate of drug-likeness (QED) is 0.644. The molecule has 0 saturated carbocycles. The van der Waals surface area contributed by atoms with Gasteiger partial charge in [0.05, 0.1) is 0 Å². The fraction of sp³-hybridized carbons (Fsp3) is 0.400. The minimum absolute atomic E-state index is 0.0209. The van der Waals surface area contributed by atoms with E-state index in [0.29, 0.717) is 19.3 Å². The molecule has 2 N–H and O–H groups in total. The number of hydrogen-bond acceptors (Lipinski definition) is 2. The lowest BCUT2D eigenvalue weighted by atomic mass is 10.0. The summed E-state index contributed by atoms with van der Waals surface area (Å²) < 4.78 is 35.9. The third-order valence-electron chi connectivity index (χ3n) is 2.67. The van der Waals surface area contributed by atoms with Gasteiger partial charge in [-0.3, -0.25) is 4.79 Å². The van der Waals surface area contributed by atoms with Crippen LogP contribution >= 0.6 is 0 Å². The lowest BCUT2D eigenvalue weighted by Crippen LogP contribution is -2.37. The van der Waals surface area contributed by atoms with E-state index in [0.717, 1.165) is 11.1 Å². The molecule has 0 saturated heterocycles. The zero-order chi connectivity index (χ0) is 15.7. The average Bonchev–Trinajstić information content (AvgIpc) is 2.43. The molecule has 21 heavy (non-hydrogen) atoms. The number of carbonyl (C=O) groups is 1. The van der Waals surface area contributed by atoms with Gasteiger partial charge in [-0.15, -0.1) is 0 Å². The summed E-state index contributed by atoms with van der Waals surface area (Å²) in [6.07, 6.45) is -3.32. The molecule has 6 heteroatoms. The smallest absolute Gasteiger partial charge is 0.384 e. The van der Waals surface area contributed by atoms with Crippen molar-refractivity contribution < 1.29 is 23.1 Å². The summed E-state index contributed by atoms with van der Waals surface area (Å²) in [5.41, 5.74) is 1.95. The van der Waals surface area contributed by atoms with Crippen molar-refractivity contribution in [1.29, 1.82) is 0 Å². The number of hydrogen-bond donors (Lipinski definition) is 2. The van der Waals surface area contributed by atoms with Gasteiger partial charge in [0.15, 0.2) is 0 Å². The van der Waals surface area contributed by atoms with Crippen LogP contribution in [-0.4, -0.2) is 30.3 Å². The van der Waals surface area contributed by atoms with Crippen LogP contribution in [0, 0.1) is 11.8 Å². The lowest BCUT2D eigenvalue weighted by molar-refractivity contribution is -0.173. The summed E-state index contributed by atoms with van der Waals surface area (Å²) in [5.74, 6) is 3.44. The maximum atomic E-state index is 12.0. The lowest BCUT2D eigenvalue weighted by Gasteiger charge is -2.08. The van der Waals surface area contributed by atoms with E-state index in [1.807, 2.05) is 29.6 Å². The van der Waals surface area contributed by atoms with Crippen LogP contribution in [0.2, 0.25) is 0 Å². The first-order chi connectivity index (χ1) is 9.93. The molecule has 0 aromatic heterocycles. The van der Waals surface area contributed by atoms with E-state index in [1.54, 1.807) is 0 Å². The summed E-state index contributed by atoms with van der Waals surface area (Å²) in [5, 5.41) is 10.4. The third-order valence-corrected chi connectivity index (χ3v) is 2.67. The molecule has 0 radical (unpaired) electrons. The molecule has 0 unspecified atom stereocenters. The second-order valence-electron chi connectivity index (χ2n) is 4.37. The number of carbonyl (C=O) groups excluding carboxylic acids is 1. The first-order valence-corrected chi connectivity index (χ1v) is 6.43. The van der Waals surface area contributed by atoms with Gasteiger partial charge in [-0.05, 0) is 24.0 Å². The van der Waals surface area contributed by atoms with Crippen LogP contribution < -0.4 is 5.32 Å². The van der Waals surface area contributed by atoms with E-state index in [-0.39, 0.29) is 13.2 Å². The Kier molecular flexibility index (Phi) is 6.76. The van der Waals surface area contributed by atoms with Crippen LogP contribution in [0.15, 0.2) is 24.3 Å². The maximum absolute atomic E-state index is 12.0. The van der Waals surface area contributed by atoms with Gasteiger partial charge < -0.3 is 10.4 Å². The fourth-order valence-corrected chi connectivity index (χ4v) is 1.71. The summed E-state index contributed by atoms with van der Waals surface area (Å²) in [7, 11) is 0. The molecule has 1 amide bonds.